The van der Waals surface area contributed by atoms with E-state index in [1.807, 2.05) is 0 Å². The quantitative estimate of drug-likeness (QED) is 0.752. The molecule has 25 heavy (non-hydrogen) atoms. The number of rotatable bonds is 2. The fourth-order valence-corrected chi connectivity index (χ4v) is 2.90. The number of fused-ring (bicyclic) bond motifs is 3. The average molecular weight is 342 g/mol. The van der Waals surface area contributed by atoms with Gasteiger partial charge in [-0.3, -0.25) is 19.5 Å². The van der Waals surface area contributed by atoms with Crippen LogP contribution in [0.5, 0.6) is 0 Å². The van der Waals surface area contributed by atoms with Crippen molar-refractivity contribution in [3.05, 3.63) is 54.1 Å². The van der Waals surface area contributed by atoms with Gasteiger partial charge in [0.25, 0.3) is 0 Å². The topological polar surface area (TPSA) is 76.0 Å². The lowest BCUT2D eigenvalue weighted by Gasteiger charge is -2.25. The van der Waals surface area contributed by atoms with Crippen molar-refractivity contribution >= 4 is 34.5 Å². The molecule has 0 saturated carbocycles. The van der Waals surface area contributed by atoms with Crippen LogP contribution in [0.15, 0.2) is 42.5 Å². The molecule has 2 heterocycles. The lowest BCUT2D eigenvalue weighted by atomic mass is 10.1. The molecular formula is C17H12F2N4O2. The van der Waals surface area contributed by atoms with Crippen molar-refractivity contribution in [3.8, 4) is 0 Å². The van der Waals surface area contributed by atoms with Gasteiger partial charge in [-0.15, -0.1) is 0 Å². The molecule has 0 aliphatic carbocycles. The normalized spacial score (nSPS) is 16.4. The second-order valence-electron chi connectivity index (χ2n) is 5.68. The number of aromatic nitrogens is 2. The van der Waals surface area contributed by atoms with Crippen LogP contribution in [0.25, 0.3) is 11.0 Å². The second kappa shape index (κ2) is 5.66. The number of para-hydroxylation sites is 2. The minimum Gasteiger partial charge on any atom is -0.324 e. The monoisotopic (exact) mass is 342 g/mol. The summed E-state index contributed by atoms with van der Waals surface area (Å²) in [5, 5.41) is 5.16. The smallest absolute Gasteiger partial charge is 0.248 e. The summed E-state index contributed by atoms with van der Waals surface area (Å²) >= 11 is 0. The standard InChI is InChI=1S/C17H12F2N4O2/c18-10-6-5-9(7-11(10)19)20-16(25)14-8-15(24)22-17-21-12-3-1-2-4-13(12)23(14)17/h1-7,14H,8H2,(H,20,25)(H,21,22,24). The van der Waals surface area contributed by atoms with Crippen molar-refractivity contribution in [1.29, 1.82) is 0 Å². The Morgan fingerprint density at radius 1 is 1.20 bits per heavy atom. The van der Waals surface area contributed by atoms with Crippen LogP contribution in [0.4, 0.5) is 20.4 Å². The molecule has 0 spiro atoms. The van der Waals surface area contributed by atoms with Gasteiger partial charge in [-0.05, 0) is 24.3 Å². The average Bonchev–Trinajstić information content (AvgIpc) is 2.95. The first kappa shape index (κ1) is 15.3. The minimum atomic E-state index is -1.06. The lowest BCUT2D eigenvalue weighted by molar-refractivity contribution is -0.124. The number of carbonyl (C=O) groups is 2. The maximum absolute atomic E-state index is 13.3. The number of nitrogens with zero attached hydrogens (tertiary/aromatic N) is 2. The molecule has 0 bridgehead atoms. The largest absolute Gasteiger partial charge is 0.324 e. The summed E-state index contributed by atoms with van der Waals surface area (Å²) in [6, 6.07) is 9.41. The Morgan fingerprint density at radius 3 is 2.80 bits per heavy atom. The van der Waals surface area contributed by atoms with E-state index in [0.29, 0.717) is 11.0 Å². The Morgan fingerprint density at radius 2 is 2.00 bits per heavy atom. The molecule has 2 amide bonds. The molecule has 126 valence electrons. The van der Waals surface area contributed by atoms with Crippen LogP contribution in [-0.2, 0) is 9.59 Å². The fourth-order valence-electron chi connectivity index (χ4n) is 2.90. The molecule has 1 aromatic heterocycles. The predicted octanol–water partition coefficient (Wildman–Crippen LogP) is 2.84. The molecule has 0 saturated heterocycles. The van der Waals surface area contributed by atoms with Crippen LogP contribution < -0.4 is 10.6 Å². The Balaban J connectivity index is 1.71. The zero-order valence-corrected chi connectivity index (χ0v) is 12.8. The van der Waals surface area contributed by atoms with Crippen molar-refractivity contribution in [2.75, 3.05) is 10.6 Å². The van der Waals surface area contributed by atoms with Crippen LogP contribution >= 0.6 is 0 Å². The Bertz CT molecular complexity index is 1020. The molecule has 2 aromatic carbocycles. The van der Waals surface area contributed by atoms with Crippen molar-refractivity contribution < 1.29 is 18.4 Å². The maximum atomic E-state index is 13.3. The summed E-state index contributed by atoms with van der Waals surface area (Å²) in [4.78, 5) is 28.9. The number of anilines is 2. The first-order valence-electron chi connectivity index (χ1n) is 7.55. The van der Waals surface area contributed by atoms with Gasteiger partial charge in [0.05, 0.1) is 17.5 Å². The van der Waals surface area contributed by atoms with Crippen LogP contribution in [0, 0.1) is 11.6 Å². The van der Waals surface area contributed by atoms with Gasteiger partial charge in [-0.25, -0.2) is 13.8 Å². The number of carbonyl (C=O) groups excluding carboxylic acids is 2. The first-order valence-corrected chi connectivity index (χ1v) is 7.55. The third kappa shape index (κ3) is 2.61. The SMILES string of the molecule is O=C1CC(C(=O)Nc2ccc(F)c(F)c2)n2c(nc3ccccc32)N1. The summed E-state index contributed by atoms with van der Waals surface area (Å²) in [7, 11) is 0. The van der Waals surface area contributed by atoms with Gasteiger partial charge in [0.15, 0.2) is 11.6 Å². The number of imidazole rings is 1. The van der Waals surface area contributed by atoms with E-state index in [9.17, 15) is 18.4 Å². The predicted molar refractivity (Wildman–Crippen MR) is 87.0 cm³/mol. The highest BCUT2D eigenvalue weighted by molar-refractivity contribution is 6.02. The molecule has 4 rings (SSSR count). The summed E-state index contributed by atoms with van der Waals surface area (Å²) in [5.41, 5.74) is 1.45. The number of amides is 2. The van der Waals surface area contributed by atoms with Gasteiger partial charge in [0.2, 0.25) is 17.8 Å². The molecule has 3 aromatic rings. The Labute approximate surface area is 140 Å². The van der Waals surface area contributed by atoms with E-state index in [4.69, 9.17) is 0 Å². The molecular weight excluding hydrogens is 330 g/mol. The summed E-state index contributed by atoms with van der Waals surface area (Å²) in [6.45, 7) is 0. The van der Waals surface area contributed by atoms with E-state index < -0.39 is 23.6 Å². The number of halogens is 2. The number of hydrogen-bond donors (Lipinski definition) is 2. The molecule has 1 aliphatic rings. The van der Waals surface area contributed by atoms with E-state index in [1.54, 1.807) is 28.8 Å². The molecule has 1 unspecified atom stereocenters. The molecule has 8 heteroatoms. The molecule has 2 N–H and O–H groups in total. The van der Waals surface area contributed by atoms with Gasteiger partial charge in [0, 0.05) is 11.8 Å². The molecule has 6 nitrogen and oxygen atoms in total. The highest BCUT2D eigenvalue weighted by Crippen LogP contribution is 2.31. The van der Waals surface area contributed by atoms with Crippen molar-refractivity contribution in [3.63, 3.8) is 0 Å². The zero-order valence-electron chi connectivity index (χ0n) is 12.8. The van der Waals surface area contributed by atoms with Gasteiger partial charge in [0.1, 0.15) is 6.04 Å². The first-order chi connectivity index (χ1) is 12.0. The van der Waals surface area contributed by atoms with Crippen molar-refractivity contribution in [2.24, 2.45) is 0 Å². The fraction of sp³-hybridized carbons (Fsp3) is 0.118. The van der Waals surface area contributed by atoms with Crippen LogP contribution in [0.2, 0.25) is 0 Å². The molecule has 1 atom stereocenters. The maximum Gasteiger partial charge on any atom is 0.248 e. The number of nitrogens with one attached hydrogen (secondary N) is 2. The second-order valence-corrected chi connectivity index (χ2v) is 5.68. The van der Waals surface area contributed by atoms with E-state index >= 15 is 0 Å². The molecule has 0 fully saturated rings. The minimum absolute atomic E-state index is 0.0805. The Hall–Kier alpha value is -3.29. The van der Waals surface area contributed by atoms with Gasteiger partial charge in [-0.1, -0.05) is 12.1 Å². The van der Waals surface area contributed by atoms with Crippen LogP contribution in [-0.4, -0.2) is 21.4 Å². The lowest BCUT2D eigenvalue weighted by Crippen LogP contribution is -2.35. The Kier molecular flexibility index (Phi) is 3.45. The van der Waals surface area contributed by atoms with E-state index in [0.717, 1.165) is 12.1 Å². The van der Waals surface area contributed by atoms with Gasteiger partial charge >= 0.3 is 0 Å². The molecule has 0 radical (unpaired) electrons. The van der Waals surface area contributed by atoms with Gasteiger partial charge in [-0.2, -0.15) is 0 Å². The third-order valence-corrected chi connectivity index (χ3v) is 4.03. The summed E-state index contributed by atoms with van der Waals surface area (Å²) in [6.07, 6.45) is -0.0805. The number of benzene rings is 2. The van der Waals surface area contributed by atoms with E-state index in [-0.39, 0.29) is 24.0 Å². The van der Waals surface area contributed by atoms with E-state index in [2.05, 4.69) is 15.6 Å². The highest BCUT2D eigenvalue weighted by Gasteiger charge is 2.32. The van der Waals surface area contributed by atoms with Gasteiger partial charge < -0.3 is 5.32 Å². The van der Waals surface area contributed by atoms with Crippen molar-refractivity contribution in [1.82, 2.24) is 9.55 Å². The van der Waals surface area contributed by atoms with Crippen LogP contribution in [0.1, 0.15) is 12.5 Å². The molecule has 1 aliphatic heterocycles. The zero-order chi connectivity index (χ0) is 17.6. The summed E-state index contributed by atoms with van der Waals surface area (Å²) < 4.78 is 28.0. The van der Waals surface area contributed by atoms with Crippen molar-refractivity contribution in [2.45, 2.75) is 12.5 Å². The highest BCUT2D eigenvalue weighted by atomic mass is 19.2. The van der Waals surface area contributed by atoms with E-state index in [1.165, 1.54) is 6.07 Å². The number of hydrogen-bond acceptors (Lipinski definition) is 3. The summed E-state index contributed by atoms with van der Waals surface area (Å²) in [5.74, 6) is -2.63. The third-order valence-electron chi connectivity index (χ3n) is 4.03. The van der Waals surface area contributed by atoms with Crippen LogP contribution in [0.3, 0.4) is 0 Å².